The van der Waals surface area contributed by atoms with Crippen molar-refractivity contribution >= 4 is 5.91 Å². The van der Waals surface area contributed by atoms with E-state index in [0.29, 0.717) is 25.4 Å². The number of hydrogen-bond acceptors (Lipinski definition) is 3. The number of carbonyl (C=O) groups excluding carboxylic acids is 1. The van der Waals surface area contributed by atoms with Gasteiger partial charge < -0.3 is 15.1 Å². The van der Waals surface area contributed by atoms with Crippen molar-refractivity contribution in [1.82, 2.24) is 4.90 Å². The van der Waals surface area contributed by atoms with Gasteiger partial charge in [-0.05, 0) is 12.3 Å². The SMILES string of the molecule is O=C(CCC1CCCCC1)N1CC(O)C(O)C1. The molecule has 2 aliphatic rings. The Balaban J connectivity index is 1.70. The van der Waals surface area contributed by atoms with E-state index in [4.69, 9.17) is 0 Å². The molecule has 1 saturated carbocycles. The summed E-state index contributed by atoms with van der Waals surface area (Å²) in [6.07, 6.45) is 6.51. The molecule has 1 aliphatic heterocycles. The summed E-state index contributed by atoms with van der Waals surface area (Å²) in [5.74, 6) is 0.802. The van der Waals surface area contributed by atoms with Crippen molar-refractivity contribution in [1.29, 1.82) is 0 Å². The summed E-state index contributed by atoms with van der Waals surface area (Å²) in [6, 6.07) is 0. The van der Waals surface area contributed by atoms with Crippen LogP contribution in [0.1, 0.15) is 44.9 Å². The molecule has 2 atom stereocenters. The molecule has 4 nitrogen and oxygen atoms in total. The van der Waals surface area contributed by atoms with Gasteiger partial charge in [0.05, 0.1) is 12.2 Å². The molecular weight excluding hydrogens is 218 g/mol. The standard InChI is InChI=1S/C13H23NO3/c15-11-8-14(9-12(11)16)13(17)7-6-10-4-2-1-3-5-10/h10-12,15-16H,1-9H2. The second-order valence-electron chi connectivity index (χ2n) is 5.48. The average Bonchev–Trinajstić information content (AvgIpc) is 2.68. The second kappa shape index (κ2) is 5.83. The fourth-order valence-electron chi connectivity index (χ4n) is 2.93. The molecule has 1 aliphatic carbocycles. The van der Waals surface area contributed by atoms with Crippen LogP contribution in [-0.2, 0) is 4.79 Å². The fourth-order valence-corrected chi connectivity index (χ4v) is 2.93. The van der Waals surface area contributed by atoms with E-state index in [9.17, 15) is 15.0 Å². The molecule has 2 unspecified atom stereocenters. The first kappa shape index (κ1) is 12.8. The number of β-amino-alcohol motifs (C(OH)–C–C–N with tert-alkyl or cyclic N) is 2. The maximum Gasteiger partial charge on any atom is 0.222 e. The summed E-state index contributed by atoms with van der Waals surface area (Å²) in [5.41, 5.74) is 0. The first-order valence-electron chi connectivity index (χ1n) is 6.80. The van der Waals surface area contributed by atoms with E-state index in [0.717, 1.165) is 6.42 Å². The van der Waals surface area contributed by atoms with Gasteiger partial charge in [0.2, 0.25) is 5.91 Å². The summed E-state index contributed by atoms with van der Waals surface area (Å²) in [6.45, 7) is 0.593. The third-order valence-electron chi connectivity index (χ3n) is 4.10. The van der Waals surface area contributed by atoms with Crippen LogP contribution in [0.4, 0.5) is 0 Å². The van der Waals surface area contributed by atoms with E-state index in [1.165, 1.54) is 32.1 Å². The van der Waals surface area contributed by atoms with Crippen LogP contribution in [0.25, 0.3) is 0 Å². The number of aliphatic hydroxyl groups is 2. The lowest BCUT2D eigenvalue weighted by Crippen LogP contribution is -2.30. The summed E-state index contributed by atoms with van der Waals surface area (Å²) >= 11 is 0. The van der Waals surface area contributed by atoms with Crippen molar-refractivity contribution in [3.05, 3.63) is 0 Å². The van der Waals surface area contributed by atoms with E-state index in [1.54, 1.807) is 4.90 Å². The number of aliphatic hydroxyl groups excluding tert-OH is 2. The van der Waals surface area contributed by atoms with Crippen LogP contribution in [-0.4, -0.2) is 46.3 Å². The molecule has 1 saturated heterocycles. The molecule has 4 heteroatoms. The third kappa shape index (κ3) is 3.42. The molecule has 2 fully saturated rings. The predicted molar refractivity (Wildman–Crippen MR) is 64.4 cm³/mol. The highest BCUT2D eigenvalue weighted by atomic mass is 16.3. The Labute approximate surface area is 103 Å². The number of rotatable bonds is 3. The Morgan fingerprint density at radius 1 is 1.06 bits per heavy atom. The van der Waals surface area contributed by atoms with Gasteiger partial charge in [0, 0.05) is 19.5 Å². The molecule has 0 spiro atoms. The lowest BCUT2D eigenvalue weighted by molar-refractivity contribution is -0.131. The molecule has 1 amide bonds. The number of nitrogens with zero attached hydrogens (tertiary/aromatic N) is 1. The summed E-state index contributed by atoms with van der Waals surface area (Å²) < 4.78 is 0. The van der Waals surface area contributed by atoms with E-state index < -0.39 is 12.2 Å². The van der Waals surface area contributed by atoms with Crippen molar-refractivity contribution < 1.29 is 15.0 Å². The second-order valence-corrected chi connectivity index (χ2v) is 5.48. The molecule has 0 aromatic heterocycles. The zero-order valence-electron chi connectivity index (χ0n) is 10.3. The van der Waals surface area contributed by atoms with Gasteiger partial charge in [0.1, 0.15) is 0 Å². The normalized spacial score (nSPS) is 30.8. The van der Waals surface area contributed by atoms with Crippen LogP contribution in [0.5, 0.6) is 0 Å². The van der Waals surface area contributed by atoms with E-state index in [1.807, 2.05) is 0 Å². The highest BCUT2D eigenvalue weighted by molar-refractivity contribution is 5.76. The quantitative estimate of drug-likeness (QED) is 0.772. The van der Waals surface area contributed by atoms with Crippen LogP contribution in [0.15, 0.2) is 0 Å². The van der Waals surface area contributed by atoms with Crippen molar-refractivity contribution in [3.8, 4) is 0 Å². The molecule has 98 valence electrons. The largest absolute Gasteiger partial charge is 0.388 e. The Kier molecular flexibility index (Phi) is 4.40. The smallest absolute Gasteiger partial charge is 0.222 e. The van der Waals surface area contributed by atoms with Crippen LogP contribution >= 0.6 is 0 Å². The molecule has 1 heterocycles. The van der Waals surface area contributed by atoms with Gasteiger partial charge in [-0.2, -0.15) is 0 Å². The minimum Gasteiger partial charge on any atom is -0.388 e. The highest BCUT2D eigenvalue weighted by Crippen LogP contribution is 2.27. The molecule has 2 N–H and O–H groups in total. The third-order valence-corrected chi connectivity index (χ3v) is 4.10. The summed E-state index contributed by atoms with van der Waals surface area (Å²) in [5, 5.41) is 18.8. The van der Waals surface area contributed by atoms with Crippen molar-refractivity contribution in [2.45, 2.75) is 57.2 Å². The van der Waals surface area contributed by atoms with Gasteiger partial charge in [0.25, 0.3) is 0 Å². The zero-order valence-corrected chi connectivity index (χ0v) is 10.3. The van der Waals surface area contributed by atoms with Gasteiger partial charge in [0.15, 0.2) is 0 Å². The van der Waals surface area contributed by atoms with Gasteiger partial charge in [-0.15, -0.1) is 0 Å². The molecule has 0 aromatic carbocycles. The lowest BCUT2D eigenvalue weighted by Gasteiger charge is -2.22. The molecule has 2 rings (SSSR count). The predicted octanol–water partition coefficient (Wildman–Crippen LogP) is 0.911. The monoisotopic (exact) mass is 241 g/mol. The summed E-state index contributed by atoms with van der Waals surface area (Å²) in [4.78, 5) is 13.5. The van der Waals surface area contributed by atoms with E-state index in [-0.39, 0.29) is 5.91 Å². The van der Waals surface area contributed by atoms with Crippen molar-refractivity contribution in [2.24, 2.45) is 5.92 Å². The van der Waals surface area contributed by atoms with Gasteiger partial charge in [-0.25, -0.2) is 0 Å². The number of carbonyl (C=O) groups is 1. The minimum atomic E-state index is -0.756. The van der Waals surface area contributed by atoms with Crippen molar-refractivity contribution in [3.63, 3.8) is 0 Å². The van der Waals surface area contributed by atoms with Crippen molar-refractivity contribution in [2.75, 3.05) is 13.1 Å². The molecule has 17 heavy (non-hydrogen) atoms. The highest BCUT2D eigenvalue weighted by Gasteiger charge is 2.32. The molecule has 0 radical (unpaired) electrons. The van der Waals surface area contributed by atoms with Gasteiger partial charge in [-0.3, -0.25) is 4.79 Å². The Bertz CT molecular complexity index is 253. The number of hydrogen-bond donors (Lipinski definition) is 2. The Morgan fingerprint density at radius 3 is 2.24 bits per heavy atom. The maximum absolute atomic E-state index is 11.9. The molecule has 0 aromatic rings. The maximum atomic E-state index is 11.9. The van der Waals surface area contributed by atoms with E-state index >= 15 is 0 Å². The first-order valence-corrected chi connectivity index (χ1v) is 6.80. The number of likely N-dealkylation sites (tertiary alicyclic amines) is 1. The topological polar surface area (TPSA) is 60.8 Å². The van der Waals surface area contributed by atoms with Crippen LogP contribution in [0.2, 0.25) is 0 Å². The van der Waals surface area contributed by atoms with E-state index in [2.05, 4.69) is 0 Å². The van der Waals surface area contributed by atoms with Gasteiger partial charge >= 0.3 is 0 Å². The summed E-state index contributed by atoms with van der Waals surface area (Å²) in [7, 11) is 0. The Morgan fingerprint density at radius 2 is 1.65 bits per heavy atom. The fraction of sp³-hybridized carbons (Fsp3) is 0.923. The average molecular weight is 241 g/mol. The molecular formula is C13H23NO3. The molecule has 0 bridgehead atoms. The number of amides is 1. The Hall–Kier alpha value is -0.610. The lowest BCUT2D eigenvalue weighted by atomic mass is 9.86. The zero-order chi connectivity index (χ0) is 12.3. The van der Waals surface area contributed by atoms with Crippen LogP contribution in [0.3, 0.4) is 0 Å². The van der Waals surface area contributed by atoms with Crippen LogP contribution < -0.4 is 0 Å². The first-order chi connectivity index (χ1) is 8.16. The van der Waals surface area contributed by atoms with Gasteiger partial charge in [-0.1, -0.05) is 32.1 Å². The minimum absolute atomic E-state index is 0.0890. The van der Waals surface area contributed by atoms with Crippen LogP contribution in [0, 0.1) is 5.92 Å².